The van der Waals surface area contributed by atoms with Gasteiger partial charge in [-0.25, -0.2) is 14.2 Å². The third-order valence-electron chi connectivity index (χ3n) is 6.12. The quantitative estimate of drug-likeness (QED) is 0.289. The van der Waals surface area contributed by atoms with Gasteiger partial charge < -0.3 is 13.9 Å². The molecule has 0 spiro atoms. The number of allylic oxidation sites excluding steroid dienone is 1. The zero-order chi connectivity index (χ0) is 25.3. The van der Waals surface area contributed by atoms with Gasteiger partial charge in [0, 0.05) is 18.3 Å². The lowest BCUT2D eigenvalue weighted by Gasteiger charge is -2.17. The SMILES string of the molecule is C/C(=C\C(C)(C)[S@@](N)=O)c1ccc2nc(-c3ccc(Oc4cccc(OCC5CC5)c4)nc3)oc2c1. The summed E-state index contributed by atoms with van der Waals surface area (Å²) in [6, 6.07) is 17.0. The minimum atomic E-state index is -1.47. The Labute approximate surface area is 212 Å². The monoisotopic (exact) mass is 503 g/mol. The van der Waals surface area contributed by atoms with E-state index in [-0.39, 0.29) is 0 Å². The fourth-order valence-corrected chi connectivity index (χ4v) is 4.06. The molecule has 1 saturated carbocycles. The summed E-state index contributed by atoms with van der Waals surface area (Å²) >= 11 is 0. The zero-order valence-corrected chi connectivity index (χ0v) is 21.4. The largest absolute Gasteiger partial charge is 0.493 e. The maximum atomic E-state index is 11.8. The molecule has 5 rings (SSSR count). The van der Waals surface area contributed by atoms with Crippen molar-refractivity contribution in [2.75, 3.05) is 6.61 Å². The molecular weight excluding hydrogens is 474 g/mol. The first-order chi connectivity index (χ1) is 17.3. The van der Waals surface area contributed by atoms with Crippen LogP contribution in [0.5, 0.6) is 17.4 Å². The average Bonchev–Trinajstić information content (AvgIpc) is 3.59. The maximum Gasteiger partial charge on any atom is 0.228 e. The van der Waals surface area contributed by atoms with Gasteiger partial charge in [-0.05, 0) is 81.0 Å². The third-order valence-corrected chi connectivity index (χ3v) is 7.28. The molecule has 1 atom stereocenters. The molecule has 0 saturated heterocycles. The van der Waals surface area contributed by atoms with Crippen LogP contribution in [0, 0.1) is 5.92 Å². The lowest BCUT2D eigenvalue weighted by molar-refractivity contribution is 0.298. The normalized spacial score (nSPS) is 15.2. The van der Waals surface area contributed by atoms with Crippen molar-refractivity contribution in [3.63, 3.8) is 0 Å². The minimum Gasteiger partial charge on any atom is -0.493 e. The van der Waals surface area contributed by atoms with Crippen LogP contribution >= 0.6 is 0 Å². The molecule has 1 aliphatic carbocycles. The first-order valence-electron chi connectivity index (χ1n) is 11.9. The van der Waals surface area contributed by atoms with E-state index in [1.807, 2.05) is 75.4 Å². The number of pyridine rings is 1. The fraction of sp³-hybridized carbons (Fsp3) is 0.286. The lowest BCUT2D eigenvalue weighted by Crippen LogP contribution is -2.29. The Morgan fingerprint density at radius 2 is 1.97 bits per heavy atom. The average molecular weight is 504 g/mol. The Kier molecular flexibility index (Phi) is 6.64. The van der Waals surface area contributed by atoms with E-state index in [1.165, 1.54) is 12.8 Å². The van der Waals surface area contributed by atoms with Crippen LogP contribution in [0.4, 0.5) is 0 Å². The molecule has 8 heteroatoms. The summed E-state index contributed by atoms with van der Waals surface area (Å²) in [6.45, 7) is 6.41. The van der Waals surface area contributed by atoms with E-state index in [0.717, 1.165) is 34.6 Å². The van der Waals surface area contributed by atoms with Gasteiger partial charge in [-0.2, -0.15) is 0 Å². The van der Waals surface area contributed by atoms with Crippen molar-refractivity contribution in [3.05, 3.63) is 72.4 Å². The summed E-state index contributed by atoms with van der Waals surface area (Å²) in [5.41, 5.74) is 4.06. The molecule has 2 aromatic heterocycles. The highest BCUT2D eigenvalue weighted by atomic mass is 32.2. The smallest absolute Gasteiger partial charge is 0.228 e. The van der Waals surface area contributed by atoms with Crippen molar-refractivity contribution in [1.29, 1.82) is 0 Å². The Hall–Kier alpha value is -3.49. The van der Waals surface area contributed by atoms with Gasteiger partial charge in [-0.15, -0.1) is 0 Å². The molecule has 186 valence electrons. The van der Waals surface area contributed by atoms with Crippen LogP contribution in [-0.2, 0) is 11.0 Å². The molecule has 2 N–H and O–H groups in total. The zero-order valence-electron chi connectivity index (χ0n) is 20.6. The van der Waals surface area contributed by atoms with E-state index in [9.17, 15) is 4.21 Å². The van der Waals surface area contributed by atoms with Crippen LogP contribution in [0.25, 0.3) is 28.1 Å². The van der Waals surface area contributed by atoms with E-state index in [0.29, 0.717) is 29.0 Å². The van der Waals surface area contributed by atoms with Gasteiger partial charge in [0.2, 0.25) is 11.8 Å². The number of benzene rings is 2. The predicted molar refractivity (Wildman–Crippen MR) is 142 cm³/mol. The number of hydrogen-bond donors (Lipinski definition) is 1. The van der Waals surface area contributed by atoms with Gasteiger partial charge in [0.05, 0.1) is 27.9 Å². The highest BCUT2D eigenvalue weighted by Gasteiger charge is 2.22. The van der Waals surface area contributed by atoms with E-state index in [2.05, 4.69) is 9.97 Å². The molecular formula is C28H29N3O4S. The van der Waals surface area contributed by atoms with E-state index < -0.39 is 15.7 Å². The van der Waals surface area contributed by atoms with Crippen LogP contribution in [0.3, 0.4) is 0 Å². The van der Waals surface area contributed by atoms with Gasteiger partial charge in [0.25, 0.3) is 0 Å². The topological polar surface area (TPSA) is 100 Å². The molecule has 2 heterocycles. The Balaban J connectivity index is 1.30. The molecule has 1 fully saturated rings. The molecule has 2 aromatic carbocycles. The highest BCUT2D eigenvalue weighted by molar-refractivity contribution is 7.84. The Bertz CT molecular complexity index is 1440. The second-order valence-electron chi connectivity index (χ2n) is 9.65. The number of nitrogens with two attached hydrogens (primary N) is 1. The van der Waals surface area contributed by atoms with Gasteiger partial charge in [0.1, 0.15) is 17.0 Å². The molecule has 0 unspecified atom stereocenters. The number of hydrogen-bond acceptors (Lipinski definition) is 6. The number of rotatable bonds is 9. The number of oxazole rings is 1. The van der Waals surface area contributed by atoms with Crippen LogP contribution in [-0.4, -0.2) is 25.5 Å². The van der Waals surface area contributed by atoms with Crippen molar-refractivity contribution in [2.45, 2.75) is 38.4 Å². The van der Waals surface area contributed by atoms with Crippen LogP contribution in [0.1, 0.15) is 39.2 Å². The summed E-state index contributed by atoms with van der Waals surface area (Å²) in [4.78, 5) is 9.02. The van der Waals surface area contributed by atoms with Gasteiger partial charge in [0.15, 0.2) is 5.58 Å². The van der Waals surface area contributed by atoms with Crippen LogP contribution in [0.2, 0.25) is 0 Å². The van der Waals surface area contributed by atoms with Crippen molar-refractivity contribution < 1.29 is 18.1 Å². The number of aromatic nitrogens is 2. The predicted octanol–water partition coefficient (Wildman–Crippen LogP) is 6.28. The molecule has 0 bridgehead atoms. The molecule has 0 aliphatic heterocycles. The summed E-state index contributed by atoms with van der Waals surface area (Å²) in [5.74, 6) is 3.10. The summed E-state index contributed by atoms with van der Waals surface area (Å²) in [6.07, 6.45) is 6.10. The maximum absolute atomic E-state index is 11.8. The standard InChI is InChI=1S/C28H29N3O4S/c1-18(15-28(2,3)36(29)32)20-9-11-24-25(13-20)35-27(31-24)21-10-12-26(30-16-21)34-23-6-4-5-22(14-23)33-17-19-7-8-19/h4-6,9-16,19H,7-8,17,29H2,1-3H3/b18-15+/t36-/m0/s1. The number of fused-ring (bicyclic) bond motifs is 1. The highest BCUT2D eigenvalue weighted by Crippen LogP contribution is 2.32. The molecule has 0 radical (unpaired) electrons. The fourth-order valence-electron chi connectivity index (χ4n) is 3.77. The van der Waals surface area contributed by atoms with Gasteiger partial charge in [-0.3, -0.25) is 5.14 Å². The van der Waals surface area contributed by atoms with Gasteiger partial charge >= 0.3 is 0 Å². The van der Waals surface area contributed by atoms with E-state index in [4.69, 9.17) is 19.0 Å². The first-order valence-corrected chi connectivity index (χ1v) is 13.1. The summed E-state index contributed by atoms with van der Waals surface area (Å²) < 4.78 is 28.9. The second kappa shape index (κ2) is 9.87. The second-order valence-corrected chi connectivity index (χ2v) is 11.3. The van der Waals surface area contributed by atoms with Crippen molar-refractivity contribution in [1.82, 2.24) is 9.97 Å². The molecule has 0 amide bonds. The number of ether oxygens (including phenoxy) is 2. The van der Waals surface area contributed by atoms with Crippen molar-refractivity contribution >= 4 is 27.7 Å². The summed E-state index contributed by atoms with van der Waals surface area (Å²) in [5, 5.41) is 5.62. The molecule has 4 aromatic rings. The molecule has 7 nitrogen and oxygen atoms in total. The van der Waals surface area contributed by atoms with Crippen molar-refractivity contribution in [3.8, 4) is 28.8 Å². The van der Waals surface area contributed by atoms with Crippen LogP contribution in [0.15, 0.2) is 71.3 Å². The van der Waals surface area contributed by atoms with E-state index >= 15 is 0 Å². The summed E-state index contributed by atoms with van der Waals surface area (Å²) in [7, 11) is -1.47. The number of nitrogens with zero attached hydrogens (tertiary/aromatic N) is 2. The first kappa shape index (κ1) is 24.2. The third kappa shape index (κ3) is 5.66. The van der Waals surface area contributed by atoms with E-state index in [1.54, 1.807) is 12.3 Å². The van der Waals surface area contributed by atoms with Gasteiger partial charge in [-0.1, -0.05) is 18.2 Å². The minimum absolute atomic E-state index is 0.470. The van der Waals surface area contributed by atoms with Crippen LogP contribution < -0.4 is 14.6 Å². The molecule has 36 heavy (non-hydrogen) atoms. The van der Waals surface area contributed by atoms with Crippen molar-refractivity contribution in [2.24, 2.45) is 11.1 Å². The lowest BCUT2D eigenvalue weighted by atomic mass is 10.0. The Morgan fingerprint density at radius 1 is 1.17 bits per heavy atom. The molecule has 1 aliphatic rings. The Morgan fingerprint density at radius 3 is 2.69 bits per heavy atom.